The Morgan fingerprint density at radius 1 is 1.23 bits per heavy atom. The number of nitrogens with zero attached hydrogens (tertiary/aromatic N) is 4. The summed E-state index contributed by atoms with van der Waals surface area (Å²) in [6, 6.07) is 14.7. The van der Waals surface area contributed by atoms with E-state index in [1.165, 1.54) is 0 Å². The van der Waals surface area contributed by atoms with Gasteiger partial charge in [-0.3, -0.25) is 9.89 Å². The summed E-state index contributed by atoms with van der Waals surface area (Å²) in [6.07, 6.45) is 1.75. The van der Waals surface area contributed by atoms with Gasteiger partial charge in [0.05, 0.1) is 11.7 Å². The number of H-pyrrole nitrogens is 1. The van der Waals surface area contributed by atoms with E-state index in [-0.39, 0.29) is 18.6 Å². The van der Waals surface area contributed by atoms with E-state index < -0.39 is 0 Å². The van der Waals surface area contributed by atoms with Crippen molar-refractivity contribution in [3.63, 3.8) is 0 Å². The lowest BCUT2D eigenvalue weighted by Crippen LogP contribution is -2.50. The summed E-state index contributed by atoms with van der Waals surface area (Å²) >= 11 is 0. The van der Waals surface area contributed by atoms with Crippen LogP contribution in [0.25, 0.3) is 22.3 Å². The van der Waals surface area contributed by atoms with Gasteiger partial charge in [0.2, 0.25) is 5.82 Å². The Labute approximate surface area is 172 Å². The maximum Gasteiger partial charge on any atom is 0.261 e. The summed E-state index contributed by atoms with van der Waals surface area (Å²) in [4.78, 5) is 19.1. The number of hydrogen-bond donors (Lipinski definition) is 2. The van der Waals surface area contributed by atoms with Gasteiger partial charge in [-0.2, -0.15) is 10.1 Å². The molecule has 5 rings (SSSR count). The van der Waals surface area contributed by atoms with Crippen molar-refractivity contribution in [2.45, 2.75) is 6.04 Å². The number of amides is 1. The van der Waals surface area contributed by atoms with E-state index in [4.69, 9.17) is 9.26 Å². The molecule has 2 aromatic heterocycles. The molecule has 0 saturated carbocycles. The van der Waals surface area contributed by atoms with Gasteiger partial charge in [-0.05, 0) is 30.3 Å². The van der Waals surface area contributed by atoms with Crippen LogP contribution in [-0.4, -0.2) is 57.4 Å². The first-order valence-corrected chi connectivity index (χ1v) is 9.73. The largest absolute Gasteiger partial charge is 0.484 e. The van der Waals surface area contributed by atoms with Crippen LogP contribution in [0.2, 0.25) is 0 Å². The summed E-state index contributed by atoms with van der Waals surface area (Å²) in [5.74, 6) is 1.42. The zero-order chi connectivity index (χ0) is 20.3. The zero-order valence-electron chi connectivity index (χ0n) is 16.1. The van der Waals surface area contributed by atoms with Crippen molar-refractivity contribution >= 4 is 16.8 Å². The lowest BCUT2D eigenvalue weighted by Gasteiger charge is -2.33. The van der Waals surface area contributed by atoms with Crippen LogP contribution < -0.4 is 10.1 Å². The number of nitrogens with one attached hydrogen (secondary N) is 2. The fourth-order valence-corrected chi connectivity index (χ4v) is 3.54. The molecule has 4 aromatic rings. The Kier molecular flexibility index (Phi) is 4.86. The van der Waals surface area contributed by atoms with Gasteiger partial charge in [-0.15, -0.1) is 0 Å². The van der Waals surface area contributed by atoms with E-state index in [9.17, 15) is 4.79 Å². The molecule has 9 nitrogen and oxygen atoms in total. The van der Waals surface area contributed by atoms with Gasteiger partial charge in [0.15, 0.2) is 6.61 Å². The van der Waals surface area contributed by atoms with Crippen LogP contribution >= 0.6 is 0 Å². The first-order chi connectivity index (χ1) is 14.8. The molecule has 0 aliphatic carbocycles. The Hall–Kier alpha value is -3.72. The first-order valence-electron chi connectivity index (χ1n) is 9.73. The van der Waals surface area contributed by atoms with Crippen LogP contribution in [0.5, 0.6) is 5.75 Å². The number of hydrogen-bond acceptors (Lipinski definition) is 7. The second-order valence-corrected chi connectivity index (χ2v) is 7.04. The maximum atomic E-state index is 12.8. The van der Waals surface area contributed by atoms with Crippen molar-refractivity contribution in [1.29, 1.82) is 0 Å². The number of rotatable bonds is 5. The number of para-hydroxylation sites is 1. The standard InChI is InChI=1S/C21H20N6O3/c28-19(13-29-16-4-2-1-3-5-16)27-9-8-22-12-18(27)21-24-20(26-30-21)14-6-7-17-15(10-14)11-23-25-17/h1-7,10-11,18,22H,8-9,12-13H2,(H,23,25). The van der Waals surface area contributed by atoms with E-state index in [2.05, 4.69) is 25.7 Å². The molecule has 152 valence electrons. The summed E-state index contributed by atoms with van der Waals surface area (Å²) in [6.45, 7) is 1.74. The SMILES string of the molecule is O=C(COc1ccccc1)N1CCNCC1c1nc(-c2ccc3[nH]ncc3c2)no1. The van der Waals surface area contributed by atoms with Crippen molar-refractivity contribution in [2.24, 2.45) is 0 Å². The smallest absolute Gasteiger partial charge is 0.261 e. The highest BCUT2D eigenvalue weighted by molar-refractivity contribution is 5.82. The zero-order valence-corrected chi connectivity index (χ0v) is 16.1. The number of aromatic nitrogens is 4. The van der Waals surface area contributed by atoms with E-state index >= 15 is 0 Å². The molecule has 0 bridgehead atoms. The van der Waals surface area contributed by atoms with Crippen LogP contribution in [0.4, 0.5) is 0 Å². The van der Waals surface area contributed by atoms with E-state index in [1.807, 2.05) is 48.5 Å². The third-order valence-electron chi connectivity index (χ3n) is 5.09. The van der Waals surface area contributed by atoms with Crippen molar-refractivity contribution in [3.05, 3.63) is 60.6 Å². The molecule has 1 atom stereocenters. The van der Waals surface area contributed by atoms with E-state index in [1.54, 1.807) is 11.1 Å². The molecule has 0 radical (unpaired) electrons. The second kappa shape index (κ2) is 7.96. The third kappa shape index (κ3) is 3.62. The van der Waals surface area contributed by atoms with Crippen molar-refractivity contribution in [3.8, 4) is 17.1 Å². The lowest BCUT2D eigenvalue weighted by molar-refractivity contribution is -0.137. The monoisotopic (exact) mass is 404 g/mol. The molecule has 0 spiro atoms. The third-order valence-corrected chi connectivity index (χ3v) is 5.09. The number of carbonyl (C=O) groups is 1. The van der Waals surface area contributed by atoms with E-state index in [0.717, 1.165) is 16.5 Å². The maximum absolute atomic E-state index is 12.8. The minimum atomic E-state index is -0.343. The normalized spacial score (nSPS) is 16.7. The van der Waals surface area contributed by atoms with Gasteiger partial charge in [-0.25, -0.2) is 0 Å². The fourth-order valence-electron chi connectivity index (χ4n) is 3.54. The molecular weight excluding hydrogens is 384 g/mol. The average Bonchev–Trinajstić information content (AvgIpc) is 3.47. The van der Waals surface area contributed by atoms with Gasteiger partial charge < -0.3 is 19.5 Å². The van der Waals surface area contributed by atoms with Crippen LogP contribution in [0, 0.1) is 0 Å². The predicted molar refractivity (Wildman–Crippen MR) is 109 cm³/mol. The molecule has 9 heteroatoms. The molecule has 1 fully saturated rings. The number of fused-ring (bicyclic) bond motifs is 1. The Morgan fingerprint density at radius 2 is 2.13 bits per heavy atom. The number of carbonyl (C=O) groups excluding carboxylic acids is 1. The highest BCUT2D eigenvalue weighted by atomic mass is 16.5. The topological polar surface area (TPSA) is 109 Å². The molecule has 2 aromatic carbocycles. The second-order valence-electron chi connectivity index (χ2n) is 7.04. The van der Waals surface area contributed by atoms with Gasteiger partial charge in [0.25, 0.3) is 11.8 Å². The quantitative estimate of drug-likeness (QED) is 0.525. The molecule has 3 heterocycles. The average molecular weight is 404 g/mol. The Morgan fingerprint density at radius 3 is 3.03 bits per heavy atom. The summed E-state index contributed by atoms with van der Waals surface area (Å²) < 4.78 is 11.2. The molecule has 30 heavy (non-hydrogen) atoms. The molecule has 1 aliphatic heterocycles. The van der Waals surface area contributed by atoms with Crippen LogP contribution in [-0.2, 0) is 4.79 Å². The van der Waals surface area contributed by atoms with Crippen LogP contribution in [0.3, 0.4) is 0 Å². The molecular formula is C21H20N6O3. The fraction of sp³-hybridized carbons (Fsp3) is 0.238. The minimum absolute atomic E-state index is 0.0430. The van der Waals surface area contributed by atoms with Gasteiger partial charge >= 0.3 is 0 Å². The Balaban J connectivity index is 1.33. The number of ether oxygens (including phenoxy) is 1. The highest BCUT2D eigenvalue weighted by Crippen LogP contribution is 2.26. The Bertz CT molecular complexity index is 1160. The number of piperazine rings is 1. The summed E-state index contributed by atoms with van der Waals surface area (Å²) in [7, 11) is 0. The molecule has 1 aliphatic rings. The summed E-state index contributed by atoms with van der Waals surface area (Å²) in [5, 5.41) is 15.3. The molecule has 1 unspecified atom stereocenters. The number of benzene rings is 2. The van der Waals surface area contributed by atoms with Crippen molar-refractivity contribution < 1.29 is 14.1 Å². The van der Waals surface area contributed by atoms with Crippen molar-refractivity contribution in [1.82, 2.24) is 30.6 Å². The molecule has 1 saturated heterocycles. The first kappa shape index (κ1) is 18.3. The molecule has 1 amide bonds. The summed E-state index contributed by atoms with van der Waals surface area (Å²) in [5.41, 5.74) is 1.77. The van der Waals surface area contributed by atoms with Gasteiger partial charge in [-0.1, -0.05) is 23.4 Å². The highest BCUT2D eigenvalue weighted by Gasteiger charge is 2.32. The minimum Gasteiger partial charge on any atom is -0.484 e. The predicted octanol–water partition coefficient (Wildman–Crippen LogP) is 2.16. The van der Waals surface area contributed by atoms with Gasteiger partial charge in [0.1, 0.15) is 11.8 Å². The molecule has 2 N–H and O–H groups in total. The van der Waals surface area contributed by atoms with E-state index in [0.29, 0.717) is 37.1 Å². The lowest BCUT2D eigenvalue weighted by atomic mass is 10.1. The number of aromatic amines is 1. The van der Waals surface area contributed by atoms with Crippen LogP contribution in [0.15, 0.2) is 59.3 Å². The van der Waals surface area contributed by atoms with Gasteiger partial charge in [0, 0.05) is 30.6 Å². The van der Waals surface area contributed by atoms with Crippen LogP contribution in [0.1, 0.15) is 11.9 Å². The van der Waals surface area contributed by atoms with Crippen molar-refractivity contribution in [2.75, 3.05) is 26.2 Å².